The van der Waals surface area contributed by atoms with Crippen LogP contribution in [0.25, 0.3) is 22.6 Å². The molecule has 0 spiro atoms. The van der Waals surface area contributed by atoms with Crippen molar-refractivity contribution >= 4 is 11.1 Å². The minimum absolute atomic E-state index is 0.641. The fourth-order valence-corrected chi connectivity index (χ4v) is 1.94. The van der Waals surface area contributed by atoms with E-state index in [4.69, 9.17) is 9.15 Å². The van der Waals surface area contributed by atoms with E-state index in [0.717, 1.165) is 28.0 Å². The fraction of sp³-hybridized carbons (Fsp3) is 0.133. The van der Waals surface area contributed by atoms with Gasteiger partial charge < -0.3 is 9.15 Å². The number of benzene rings is 2. The SMILES string of the molecule is COc1ccc(-c2nc3cccc(C)c3o2)cc1. The van der Waals surface area contributed by atoms with Crippen LogP contribution in [0.3, 0.4) is 0 Å². The summed E-state index contributed by atoms with van der Waals surface area (Å²) in [5, 5.41) is 0. The Morgan fingerprint density at radius 1 is 1.06 bits per heavy atom. The fourth-order valence-electron chi connectivity index (χ4n) is 1.94. The molecule has 0 aliphatic rings. The number of para-hydroxylation sites is 1. The molecule has 3 heteroatoms. The molecule has 1 heterocycles. The number of rotatable bonds is 2. The Labute approximate surface area is 105 Å². The van der Waals surface area contributed by atoms with Gasteiger partial charge in [0.15, 0.2) is 5.58 Å². The third-order valence-corrected chi connectivity index (χ3v) is 2.95. The quantitative estimate of drug-likeness (QED) is 0.682. The smallest absolute Gasteiger partial charge is 0.227 e. The molecule has 3 nitrogen and oxygen atoms in total. The second-order valence-electron chi connectivity index (χ2n) is 4.17. The van der Waals surface area contributed by atoms with E-state index in [-0.39, 0.29) is 0 Å². The molecule has 0 aliphatic carbocycles. The van der Waals surface area contributed by atoms with Crippen LogP contribution in [-0.2, 0) is 0 Å². The lowest BCUT2D eigenvalue weighted by Crippen LogP contribution is -1.82. The number of hydrogen-bond acceptors (Lipinski definition) is 3. The number of aryl methyl sites for hydroxylation is 1. The first-order valence-corrected chi connectivity index (χ1v) is 5.78. The van der Waals surface area contributed by atoms with E-state index in [1.165, 1.54) is 0 Å². The van der Waals surface area contributed by atoms with E-state index in [9.17, 15) is 0 Å². The zero-order chi connectivity index (χ0) is 12.5. The summed E-state index contributed by atoms with van der Waals surface area (Å²) in [4.78, 5) is 4.49. The average molecular weight is 239 g/mol. The van der Waals surface area contributed by atoms with Crippen LogP contribution in [0.1, 0.15) is 5.56 Å². The lowest BCUT2D eigenvalue weighted by atomic mass is 10.2. The van der Waals surface area contributed by atoms with Crippen LogP contribution < -0.4 is 4.74 Å². The highest BCUT2D eigenvalue weighted by molar-refractivity contribution is 5.79. The summed E-state index contributed by atoms with van der Waals surface area (Å²) in [7, 11) is 1.65. The molecule has 0 atom stereocenters. The van der Waals surface area contributed by atoms with Crippen LogP contribution in [-0.4, -0.2) is 12.1 Å². The lowest BCUT2D eigenvalue weighted by Gasteiger charge is -1.99. The number of oxazole rings is 1. The second kappa shape index (κ2) is 4.18. The van der Waals surface area contributed by atoms with Crippen molar-refractivity contribution in [2.75, 3.05) is 7.11 Å². The highest BCUT2D eigenvalue weighted by atomic mass is 16.5. The van der Waals surface area contributed by atoms with E-state index in [1.807, 2.05) is 49.4 Å². The monoisotopic (exact) mass is 239 g/mol. The highest BCUT2D eigenvalue weighted by Gasteiger charge is 2.09. The van der Waals surface area contributed by atoms with Gasteiger partial charge in [0.25, 0.3) is 0 Å². The predicted molar refractivity (Wildman–Crippen MR) is 70.7 cm³/mol. The summed E-state index contributed by atoms with van der Waals surface area (Å²) >= 11 is 0. The van der Waals surface area contributed by atoms with Gasteiger partial charge in [-0.2, -0.15) is 0 Å². The Hall–Kier alpha value is -2.29. The standard InChI is InChI=1S/C15H13NO2/c1-10-4-3-5-13-14(10)18-15(16-13)11-6-8-12(17-2)9-7-11/h3-9H,1-2H3. The molecule has 0 aliphatic heterocycles. The maximum absolute atomic E-state index is 5.81. The van der Waals surface area contributed by atoms with Crippen molar-refractivity contribution in [3.63, 3.8) is 0 Å². The minimum atomic E-state index is 0.641. The zero-order valence-corrected chi connectivity index (χ0v) is 10.3. The highest BCUT2D eigenvalue weighted by Crippen LogP contribution is 2.27. The van der Waals surface area contributed by atoms with Crippen LogP contribution in [0, 0.1) is 6.92 Å². The van der Waals surface area contributed by atoms with Gasteiger partial charge in [0.2, 0.25) is 5.89 Å². The molecule has 0 saturated heterocycles. The first-order chi connectivity index (χ1) is 8.78. The molecule has 3 aromatic rings. The Morgan fingerprint density at radius 2 is 1.83 bits per heavy atom. The van der Waals surface area contributed by atoms with Crippen LogP contribution in [0.5, 0.6) is 5.75 Å². The lowest BCUT2D eigenvalue weighted by molar-refractivity contribution is 0.415. The maximum Gasteiger partial charge on any atom is 0.227 e. The zero-order valence-electron chi connectivity index (χ0n) is 10.3. The molecule has 18 heavy (non-hydrogen) atoms. The van der Waals surface area contributed by atoms with Gasteiger partial charge in [-0.15, -0.1) is 0 Å². The number of fused-ring (bicyclic) bond motifs is 1. The summed E-state index contributed by atoms with van der Waals surface area (Å²) in [6.07, 6.45) is 0. The minimum Gasteiger partial charge on any atom is -0.497 e. The molecular formula is C15H13NO2. The maximum atomic E-state index is 5.81. The summed E-state index contributed by atoms with van der Waals surface area (Å²) in [6, 6.07) is 13.6. The largest absolute Gasteiger partial charge is 0.497 e. The normalized spacial score (nSPS) is 10.8. The number of aromatic nitrogens is 1. The number of ether oxygens (including phenoxy) is 1. The third kappa shape index (κ3) is 1.74. The van der Waals surface area contributed by atoms with Crippen molar-refractivity contribution in [1.82, 2.24) is 4.98 Å². The molecule has 3 rings (SSSR count). The molecule has 0 N–H and O–H groups in total. The Balaban J connectivity index is 2.10. The third-order valence-electron chi connectivity index (χ3n) is 2.95. The molecule has 0 unspecified atom stereocenters. The van der Waals surface area contributed by atoms with Gasteiger partial charge >= 0.3 is 0 Å². The number of nitrogens with zero attached hydrogens (tertiary/aromatic N) is 1. The first-order valence-electron chi connectivity index (χ1n) is 5.78. The van der Waals surface area contributed by atoms with E-state index < -0.39 is 0 Å². The molecule has 2 aromatic carbocycles. The van der Waals surface area contributed by atoms with Gasteiger partial charge in [-0.25, -0.2) is 4.98 Å². The molecule has 1 aromatic heterocycles. The van der Waals surface area contributed by atoms with Gasteiger partial charge in [0.1, 0.15) is 11.3 Å². The van der Waals surface area contributed by atoms with Gasteiger partial charge in [-0.1, -0.05) is 12.1 Å². The Kier molecular flexibility index (Phi) is 2.52. The van der Waals surface area contributed by atoms with Gasteiger partial charge in [0, 0.05) is 5.56 Å². The van der Waals surface area contributed by atoms with Crippen molar-refractivity contribution in [2.24, 2.45) is 0 Å². The molecule has 0 amide bonds. The van der Waals surface area contributed by atoms with Crippen LogP contribution >= 0.6 is 0 Å². The van der Waals surface area contributed by atoms with Crippen LogP contribution in [0.4, 0.5) is 0 Å². The summed E-state index contributed by atoms with van der Waals surface area (Å²) < 4.78 is 10.9. The van der Waals surface area contributed by atoms with Crippen molar-refractivity contribution < 1.29 is 9.15 Å². The van der Waals surface area contributed by atoms with Gasteiger partial charge in [-0.3, -0.25) is 0 Å². The molecular weight excluding hydrogens is 226 g/mol. The Morgan fingerprint density at radius 3 is 2.50 bits per heavy atom. The van der Waals surface area contributed by atoms with Gasteiger partial charge in [-0.05, 0) is 42.8 Å². The molecule has 0 radical (unpaired) electrons. The molecule has 0 bridgehead atoms. The Bertz CT molecular complexity index is 683. The number of methoxy groups -OCH3 is 1. The topological polar surface area (TPSA) is 35.3 Å². The summed E-state index contributed by atoms with van der Waals surface area (Å²) in [5.74, 6) is 1.47. The van der Waals surface area contributed by atoms with E-state index >= 15 is 0 Å². The van der Waals surface area contributed by atoms with Crippen molar-refractivity contribution in [3.05, 3.63) is 48.0 Å². The average Bonchev–Trinajstić information content (AvgIpc) is 2.84. The van der Waals surface area contributed by atoms with Crippen molar-refractivity contribution in [1.29, 1.82) is 0 Å². The summed E-state index contributed by atoms with van der Waals surface area (Å²) in [6.45, 7) is 2.02. The summed E-state index contributed by atoms with van der Waals surface area (Å²) in [5.41, 5.74) is 3.79. The van der Waals surface area contributed by atoms with Crippen LogP contribution in [0.2, 0.25) is 0 Å². The molecule has 90 valence electrons. The second-order valence-corrected chi connectivity index (χ2v) is 4.17. The molecule has 0 saturated carbocycles. The first kappa shape index (κ1) is 10.8. The van der Waals surface area contributed by atoms with Crippen molar-refractivity contribution in [2.45, 2.75) is 6.92 Å². The van der Waals surface area contributed by atoms with Gasteiger partial charge in [0.05, 0.1) is 7.11 Å². The van der Waals surface area contributed by atoms with E-state index in [1.54, 1.807) is 7.11 Å². The number of hydrogen-bond donors (Lipinski definition) is 0. The molecule has 0 fully saturated rings. The van der Waals surface area contributed by atoms with E-state index in [2.05, 4.69) is 4.98 Å². The van der Waals surface area contributed by atoms with Crippen LogP contribution in [0.15, 0.2) is 46.9 Å². The van der Waals surface area contributed by atoms with Crippen molar-refractivity contribution in [3.8, 4) is 17.2 Å². The predicted octanol–water partition coefficient (Wildman–Crippen LogP) is 3.81. The van der Waals surface area contributed by atoms with E-state index in [0.29, 0.717) is 5.89 Å².